The van der Waals surface area contributed by atoms with Gasteiger partial charge in [0.2, 0.25) is 0 Å². The van der Waals surface area contributed by atoms with Gasteiger partial charge in [-0.05, 0) is 6.42 Å². The van der Waals surface area contributed by atoms with E-state index in [0.717, 1.165) is 0 Å². The molecule has 0 radical (unpaired) electrons. The molecule has 2 heterocycles. The molecule has 108 valence electrons. The van der Waals surface area contributed by atoms with Gasteiger partial charge in [-0.25, -0.2) is 18.0 Å². The number of amides is 2. The van der Waals surface area contributed by atoms with Crippen LogP contribution in [-0.4, -0.2) is 72.1 Å². The molecule has 0 spiro atoms. The lowest BCUT2D eigenvalue weighted by atomic mass is 10.2. The van der Waals surface area contributed by atoms with E-state index >= 15 is 0 Å². The van der Waals surface area contributed by atoms with E-state index in [9.17, 15) is 18.0 Å². The van der Waals surface area contributed by atoms with Gasteiger partial charge in [0.05, 0.1) is 11.5 Å². The Balaban J connectivity index is 1.97. The normalized spacial score (nSPS) is 30.0. The Kier molecular flexibility index (Phi) is 4.24. The van der Waals surface area contributed by atoms with Gasteiger partial charge in [0.25, 0.3) is 0 Å². The Hall–Kier alpha value is -0.960. The number of carboxylic acid groups (broad SMARTS) is 1. The molecule has 2 atom stereocenters. The van der Waals surface area contributed by atoms with Gasteiger partial charge >= 0.3 is 12.0 Å². The van der Waals surface area contributed by atoms with Crippen LogP contribution in [0.5, 0.6) is 0 Å². The predicted molar refractivity (Wildman–Crippen MR) is 71.0 cm³/mol. The van der Waals surface area contributed by atoms with Crippen LogP contribution in [0.25, 0.3) is 0 Å². The Morgan fingerprint density at radius 3 is 2.68 bits per heavy atom. The van der Waals surface area contributed by atoms with Crippen molar-refractivity contribution < 1.29 is 23.1 Å². The van der Waals surface area contributed by atoms with Crippen molar-refractivity contribution in [2.24, 2.45) is 0 Å². The summed E-state index contributed by atoms with van der Waals surface area (Å²) >= 11 is 1.50. The Morgan fingerprint density at radius 2 is 2.11 bits per heavy atom. The first kappa shape index (κ1) is 14.4. The molecule has 19 heavy (non-hydrogen) atoms. The minimum Gasteiger partial charge on any atom is -0.480 e. The molecule has 0 aromatic carbocycles. The number of thioether (sulfide) groups is 1. The van der Waals surface area contributed by atoms with Crippen LogP contribution in [0, 0.1) is 0 Å². The van der Waals surface area contributed by atoms with Gasteiger partial charge in [-0.1, -0.05) is 0 Å². The highest BCUT2D eigenvalue weighted by Gasteiger charge is 2.35. The largest absolute Gasteiger partial charge is 0.480 e. The van der Waals surface area contributed by atoms with Crippen molar-refractivity contribution in [3.8, 4) is 0 Å². The van der Waals surface area contributed by atoms with E-state index in [-0.39, 0.29) is 11.5 Å². The van der Waals surface area contributed by atoms with Crippen LogP contribution >= 0.6 is 11.8 Å². The van der Waals surface area contributed by atoms with E-state index in [1.165, 1.54) is 16.7 Å². The maximum atomic E-state index is 12.0. The minimum absolute atomic E-state index is 0.0565. The summed E-state index contributed by atoms with van der Waals surface area (Å²) in [7, 11) is -3.06. The zero-order valence-corrected chi connectivity index (χ0v) is 11.9. The standard InChI is InChI=1S/C10H16N2O5S2/c13-9(14)8-5-18-3-2-12(8)10(15)11-7-1-4-19(16,17)6-7/h7-8H,1-6H2,(H,11,15)(H,13,14). The Morgan fingerprint density at radius 1 is 1.37 bits per heavy atom. The van der Waals surface area contributed by atoms with Crippen molar-refractivity contribution in [2.45, 2.75) is 18.5 Å². The number of hydrogen-bond acceptors (Lipinski definition) is 5. The first-order chi connectivity index (χ1) is 8.89. The molecule has 2 amide bonds. The van der Waals surface area contributed by atoms with Crippen LogP contribution in [-0.2, 0) is 14.6 Å². The lowest BCUT2D eigenvalue weighted by molar-refractivity contribution is -0.141. The van der Waals surface area contributed by atoms with Gasteiger partial charge < -0.3 is 15.3 Å². The molecule has 7 nitrogen and oxygen atoms in total. The highest BCUT2D eigenvalue weighted by atomic mass is 32.2. The van der Waals surface area contributed by atoms with Crippen molar-refractivity contribution in [2.75, 3.05) is 29.6 Å². The van der Waals surface area contributed by atoms with Gasteiger partial charge in [0.15, 0.2) is 9.84 Å². The third-order valence-electron chi connectivity index (χ3n) is 3.23. The first-order valence-electron chi connectivity index (χ1n) is 5.97. The Bertz CT molecular complexity index is 478. The molecule has 2 aliphatic rings. The average Bonchev–Trinajstić information content (AvgIpc) is 2.68. The second-order valence-electron chi connectivity index (χ2n) is 4.67. The summed E-state index contributed by atoms with van der Waals surface area (Å²) in [5.41, 5.74) is 0. The zero-order chi connectivity index (χ0) is 14.0. The fourth-order valence-corrected chi connectivity index (χ4v) is 4.93. The molecule has 0 aliphatic carbocycles. The van der Waals surface area contributed by atoms with E-state index in [1.807, 2.05) is 0 Å². The summed E-state index contributed by atoms with van der Waals surface area (Å²) in [5.74, 6) is 0.0579. The van der Waals surface area contributed by atoms with E-state index in [0.29, 0.717) is 24.5 Å². The molecular formula is C10H16N2O5S2. The van der Waals surface area contributed by atoms with Crippen molar-refractivity contribution in [1.82, 2.24) is 10.2 Å². The van der Waals surface area contributed by atoms with Crippen LogP contribution in [0.1, 0.15) is 6.42 Å². The molecule has 0 bridgehead atoms. The molecule has 2 N–H and O–H groups in total. The fraction of sp³-hybridized carbons (Fsp3) is 0.800. The number of aliphatic carboxylic acids is 1. The number of carbonyl (C=O) groups is 2. The first-order valence-corrected chi connectivity index (χ1v) is 8.95. The summed E-state index contributed by atoms with van der Waals surface area (Å²) in [5, 5.41) is 11.7. The molecule has 2 aliphatic heterocycles. The second-order valence-corrected chi connectivity index (χ2v) is 8.05. The number of sulfone groups is 1. The summed E-state index contributed by atoms with van der Waals surface area (Å²) in [6.07, 6.45) is 0.397. The van der Waals surface area contributed by atoms with E-state index in [1.54, 1.807) is 0 Å². The molecule has 2 fully saturated rings. The van der Waals surface area contributed by atoms with Crippen LogP contribution in [0.3, 0.4) is 0 Å². The van der Waals surface area contributed by atoms with Gasteiger partial charge in [0, 0.05) is 24.1 Å². The summed E-state index contributed by atoms with van der Waals surface area (Å²) in [6, 6.07) is -1.71. The summed E-state index contributed by atoms with van der Waals surface area (Å²) in [4.78, 5) is 24.4. The SMILES string of the molecule is O=C(O)C1CSCCN1C(=O)NC1CCS(=O)(=O)C1. The lowest BCUT2D eigenvalue weighted by Gasteiger charge is -2.33. The number of nitrogens with zero attached hydrogens (tertiary/aromatic N) is 1. The molecular weight excluding hydrogens is 292 g/mol. The van der Waals surface area contributed by atoms with Crippen molar-refractivity contribution in [3.05, 3.63) is 0 Å². The number of nitrogens with one attached hydrogen (secondary N) is 1. The third kappa shape index (κ3) is 3.53. The smallest absolute Gasteiger partial charge is 0.327 e. The average molecular weight is 308 g/mol. The Labute approximate surface area is 115 Å². The highest BCUT2D eigenvalue weighted by molar-refractivity contribution is 7.99. The van der Waals surface area contributed by atoms with Crippen LogP contribution in [0.15, 0.2) is 0 Å². The molecule has 0 saturated carbocycles. The highest BCUT2D eigenvalue weighted by Crippen LogP contribution is 2.18. The number of urea groups is 1. The minimum atomic E-state index is -3.06. The fourth-order valence-electron chi connectivity index (χ4n) is 2.22. The van der Waals surface area contributed by atoms with Crippen LogP contribution < -0.4 is 5.32 Å². The quantitative estimate of drug-likeness (QED) is 0.705. The van der Waals surface area contributed by atoms with Crippen LogP contribution in [0.4, 0.5) is 4.79 Å². The molecule has 2 saturated heterocycles. The monoisotopic (exact) mass is 308 g/mol. The molecule has 2 unspecified atom stereocenters. The number of carbonyl (C=O) groups excluding carboxylic acids is 1. The lowest BCUT2D eigenvalue weighted by Crippen LogP contribution is -2.55. The maximum absolute atomic E-state index is 12.0. The molecule has 9 heteroatoms. The number of rotatable bonds is 2. The maximum Gasteiger partial charge on any atom is 0.327 e. The molecule has 0 aromatic heterocycles. The van der Waals surface area contributed by atoms with Gasteiger partial charge in [-0.2, -0.15) is 11.8 Å². The van der Waals surface area contributed by atoms with Crippen molar-refractivity contribution in [3.63, 3.8) is 0 Å². The topological polar surface area (TPSA) is 104 Å². The summed E-state index contributed by atoms with van der Waals surface area (Å²) in [6.45, 7) is 0.368. The summed E-state index contributed by atoms with van der Waals surface area (Å²) < 4.78 is 22.6. The second kappa shape index (κ2) is 5.58. The molecule has 0 aromatic rings. The predicted octanol–water partition coefficient (Wildman–Crippen LogP) is -0.615. The van der Waals surface area contributed by atoms with Crippen molar-refractivity contribution in [1.29, 1.82) is 0 Å². The van der Waals surface area contributed by atoms with E-state index < -0.39 is 33.9 Å². The van der Waals surface area contributed by atoms with Gasteiger partial charge in [0.1, 0.15) is 6.04 Å². The third-order valence-corrected chi connectivity index (χ3v) is 6.03. The van der Waals surface area contributed by atoms with E-state index in [4.69, 9.17) is 5.11 Å². The van der Waals surface area contributed by atoms with Crippen LogP contribution in [0.2, 0.25) is 0 Å². The van der Waals surface area contributed by atoms with E-state index in [2.05, 4.69) is 5.32 Å². The van der Waals surface area contributed by atoms with Crippen molar-refractivity contribution >= 4 is 33.6 Å². The number of hydrogen-bond donors (Lipinski definition) is 2. The zero-order valence-electron chi connectivity index (χ0n) is 10.2. The molecule has 2 rings (SSSR count). The van der Waals surface area contributed by atoms with Gasteiger partial charge in [-0.3, -0.25) is 0 Å². The van der Waals surface area contributed by atoms with Gasteiger partial charge in [-0.15, -0.1) is 0 Å². The number of carboxylic acids is 1.